The first-order valence-corrected chi connectivity index (χ1v) is 9.54. The number of amides is 1. The van der Waals surface area contributed by atoms with Crippen LogP contribution in [0, 0.1) is 0 Å². The fourth-order valence-electron chi connectivity index (χ4n) is 3.45. The average Bonchev–Trinajstić information content (AvgIpc) is 3.16. The Morgan fingerprint density at radius 3 is 2.59 bits per heavy atom. The van der Waals surface area contributed by atoms with E-state index in [2.05, 4.69) is 40.3 Å². The smallest absolute Gasteiger partial charge is 0.276 e. The Labute approximate surface area is 164 Å². The number of fused-ring (bicyclic) bond motifs is 1. The van der Waals surface area contributed by atoms with E-state index < -0.39 is 0 Å². The molecule has 2 aromatic carbocycles. The van der Waals surface area contributed by atoms with Crippen molar-refractivity contribution in [2.45, 2.75) is 19.9 Å². The van der Waals surface area contributed by atoms with Crippen LogP contribution >= 0.6 is 12.2 Å². The normalized spacial score (nSPS) is 15.7. The molecule has 0 saturated carbocycles. The van der Waals surface area contributed by atoms with Gasteiger partial charge in [-0.25, -0.2) is 0 Å². The molecule has 4 rings (SSSR count). The molecule has 0 bridgehead atoms. The van der Waals surface area contributed by atoms with Gasteiger partial charge in [-0.05, 0) is 36.3 Å². The first-order valence-electron chi connectivity index (χ1n) is 9.13. The lowest BCUT2D eigenvalue weighted by molar-refractivity contribution is -0.122. The Bertz CT molecular complexity index is 1040. The van der Waals surface area contributed by atoms with Gasteiger partial charge in [0.25, 0.3) is 5.91 Å². The van der Waals surface area contributed by atoms with Gasteiger partial charge in [0.2, 0.25) is 0 Å². The fourth-order valence-corrected chi connectivity index (χ4v) is 3.74. The van der Waals surface area contributed by atoms with Crippen LogP contribution in [0.5, 0.6) is 0 Å². The van der Waals surface area contributed by atoms with Gasteiger partial charge >= 0.3 is 0 Å². The molecule has 0 radical (unpaired) electrons. The molecule has 0 unspecified atom stereocenters. The summed E-state index contributed by atoms with van der Waals surface area (Å²) in [4.78, 5) is 14.3. The van der Waals surface area contributed by atoms with Crippen molar-refractivity contribution in [3.63, 3.8) is 0 Å². The fraction of sp³-hybridized carbons (Fsp3) is 0.182. The van der Waals surface area contributed by atoms with Crippen LogP contribution in [-0.4, -0.2) is 27.0 Å². The van der Waals surface area contributed by atoms with Gasteiger partial charge in [-0.3, -0.25) is 9.69 Å². The van der Waals surface area contributed by atoms with Crippen LogP contribution in [0.4, 0.5) is 0 Å². The Kier molecular flexibility index (Phi) is 4.77. The van der Waals surface area contributed by atoms with E-state index in [1.54, 1.807) is 4.90 Å². The van der Waals surface area contributed by atoms with E-state index in [9.17, 15) is 4.79 Å². The molecule has 0 aliphatic carbocycles. The molecular formula is C22H21N3OS. The highest BCUT2D eigenvalue weighted by molar-refractivity contribution is 7.80. The number of nitrogens with one attached hydrogen (secondary N) is 1. The predicted octanol–water partition coefficient (Wildman–Crippen LogP) is 4.16. The SMILES string of the molecule is CCCN1C(=O)/C(=C/c2cn(Cc3ccccc3)c3ccccc23)NC1=S. The molecule has 1 aromatic heterocycles. The van der Waals surface area contributed by atoms with E-state index in [0.29, 0.717) is 17.4 Å². The van der Waals surface area contributed by atoms with E-state index in [1.807, 2.05) is 43.3 Å². The standard InChI is InChI=1S/C22H21N3OS/c1-2-12-25-21(26)19(23-22(25)27)13-17-15-24(14-16-8-4-3-5-9-16)20-11-7-6-10-18(17)20/h3-11,13,15H,2,12,14H2,1H3,(H,23,27)/b19-13-. The van der Waals surface area contributed by atoms with Gasteiger partial charge in [0.1, 0.15) is 5.70 Å². The summed E-state index contributed by atoms with van der Waals surface area (Å²) in [5, 5.41) is 4.68. The molecule has 1 fully saturated rings. The minimum Gasteiger partial charge on any atom is -0.342 e. The number of benzene rings is 2. The van der Waals surface area contributed by atoms with Crippen LogP contribution in [0.3, 0.4) is 0 Å². The molecule has 2 heterocycles. The molecular weight excluding hydrogens is 354 g/mol. The summed E-state index contributed by atoms with van der Waals surface area (Å²) >= 11 is 5.31. The van der Waals surface area contributed by atoms with Crippen molar-refractivity contribution in [2.24, 2.45) is 0 Å². The lowest BCUT2D eigenvalue weighted by Gasteiger charge is -2.11. The summed E-state index contributed by atoms with van der Waals surface area (Å²) in [5.74, 6) is -0.0539. The highest BCUT2D eigenvalue weighted by Gasteiger charge is 2.29. The predicted molar refractivity (Wildman–Crippen MR) is 113 cm³/mol. The molecule has 1 saturated heterocycles. The van der Waals surface area contributed by atoms with Crippen LogP contribution < -0.4 is 5.32 Å². The van der Waals surface area contributed by atoms with Gasteiger partial charge in [-0.2, -0.15) is 0 Å². The van der Waals surface area contributed by atoms with Gasteiger partial charge in [-0.1, -0.05) is 55.5 Å². The first kappa shape index (κ1) is 17.5. The third-order valence-electron chi connectivity index (χ3n) is 4.72. The third-order valence-corrected chi connectivity index (χ3v) is 5.05. The van der Waals surface area contributed by atoms with E-state index in [0.717, 1.165) is 29.4 Å². The summed E-state index contributed by atoms with van der Waals surface area (Å²) < 4.78 is 2.22. The average molecular weight is 375 g/mol. The lowest BCUT2D eigenvalue weighted by Crippen LogP contribution is -2.31. The topological polar surface area (TPSA) is 37.3 Å². The summed E-state index contributed by atoms with van der Waals surface area (Å²) in [5.41, 5.74) is 3.93. The highest BCUT2D eigenvalue weighted by atomic mass is 32.1. The van der Waals surface area contributed by atoms with Gasteiger partial charge in [-0.15, -0.1) is 0 Å². The second-order valence-electron chi connectivity index (χ2n) is 6.66. The van der Waals surface area contributed by atoms with Crippen molar-refractivity contribution in [3.05, 3.63) is 77.6 Å². The lowest BCUT2D eigenvalue weighted by atomic mass is 10.1. The highest BCUT2D eigenvalue weighted by Crippen LogP contribution is 2.25. The minimum absolute atomic E-state index is 0.0539. The van der Waals surface area contributed by atoms with E-state index in [4.69, 9.17) is 12.2 Å². The molecule has 1 amide bonds. The molecule has 0 spiro atoms. The Morgan fingerprint density at radius 1 is 1.07 bits per heavy atom. The number of thiocarbonyl (C=S) groups is 1. The van der Waals surface area contributed by atoms with Crippen molar-refractivity contribution < 1.29 is 4.79 Å². The Morgan fingerprint density at radius 2 is 1.81 bits per heavy atom. The summed E-state index contributed by atoms with van der Waals surface area (Å²) in [6.45, 7) is 3.46. The number of aromatic nitrogens is 1. The second kappa shape index (κ2) is 7.37. The summed E-state index contributed by atoms with van der Waals surface area (Å²) in [6, 6.07) is 18.6. The van der Waals surface area contributed by atoms with Crippen LogP contribution in [0.2, 0.25) is 0 Å². The minimum atomic E-state index is -0.0539. The molecule has 1 aliphatic rings. The molecule has 4 nitrogen and oxygen atoms in total. The van der Waals surface area contributed by atoms with E-state index in [1.165, 1.54) is 5.56 Å². The van der Waals surface area contributed by atoms with E-state index in [-0.39, 0.29) is 5.91 Å². The molecule has 27 heavy (non-hydrogen) atoms. The van der Waals surface area contributed by atoms with Crippen molar-refractivity contribution in [1.29, 1.82) is 0 Å². The molecule has 0 atom stereocenters. The zero-order valence-electron chi connectivity index (χ0n) is 15.2. The van der Waals surface area contributed by atoms with Crippen LogP contribution in [0.25, 0.3) is 17.0 Å². The van der Waals surface area contributed by atoms with Gasteiger partial charge in [0.15, 0.2) is 5.11 Å². The molecule has 1 aliphatic heterocycles. The second-order valence-corrected chi connectivity index (χ2v) is 7.05. The van der Waals surface area contributed by atoms with Gasteiger partial charge in [0, 0.05) is 35.8 Å². The maximum atomic E-state index is 12.6. The van der Waals surface area contributed by atoms with Crippen LogP contribution in [0.15, 0.2) is 66.5 Å². The zero-order chi connectivity index (χ0) is 18.8. The Hall–Kier alpha value is -2.92. The Balaban J connectivity index is 1.73. The summed E-state index contributed by atoms with van der Waals surface area (Å²) in [6.07, 6.45) is 4.89. The molecule has 3 aromatic rings. The summed E-state index contributed by atoms with van der Waals surface area (Å²) in [7, 11) is 0. The van der Waals surface area contributed by atoms with Crippen molar-refractivity contribution in [3.8, 4) is 0 Å². The van der Waals surface area contributed by atoms with Gasteiger partial charge in [0.05, 0.1) is 0 Å². The third kappa shape index (κ3) is 3.38. The number of nitrogens with zero attached hydrogens (tertiary/aromatic N) is 2. The molecule has 136 valence electrons. The van der Waals surface area contributed by atoms with Crippen molar-refractivity contribution >= 4 is 40.2 Å². The number of para-hydroxylation sites is 1. The van der Waals surface area contributed by atoms with Crippen molar-refractivity contribution in [1.82, 2.24) is 14.8 Å². The van der Waals surface area contributed by atoms with E-state index >= 15 is 0 Å². The van der Waals surface area contributed by atoms with Gasteiger partial charge < -0.3 is 9.88 Å². The van der Waals surface area contributed by atoms with Crippen LogP contribution in [0.1, 0.15) is 24.5 Å². The maximum Gasteiger partial charge on any atom is 0.276 e. The number of carbonyl (C=O) groups excluding carboxylic acids is 1. The molecule has 5 heteroatoms. The monoisotopic (exact) mass is 375 g/mol. The largest absolute Gasteiger partial charge is 0.342 e. The number of rotatable bonds is 5. The van der Waals surface area contributed by atoms with Crippen molar-refractivity contribution in [2.75, 3.05) is 6.54 Å². The molecule has 1 N–H and O–H groups in total. The number of hydrogen-bond donors (Lipinski definition) is 1. The maximum absolute atomic E-state index is 12.6. The number of hydrogen-bond acceptors (Lipinski definition) is 2. The number of carbonyl (C=O) groups is 1. The first-order chi connectivity index (χ1) is 13.2. The quantitative estimate of drug-likeness (QED) is 0.537. The van der Waals surface area contributed by atoms with Crippen LogP contribution in [-0.2, 0) is 11.3 Å². The zero-order valence-corrected chi connectivity index (χ0v) is 16.0.